The van der Waals surface area contributed by atoms with Crippen molar-refractivity contribution in [2.75, 3.05) is 6.54 Å². The molecular weight excluding hydrogens is 248 g/mol. The summed E-state index contributed by atoms with van der Waals surface area (Å²) in [7, 11) is 0. The second-order valence-corrected chi connectivity index (χ2v) is 4.71. The summed E-state index contributed by atoms with van der Waals surface area (Å²) in [6.45, 7) is 2.62. The van der Waals surface area contributed by atoms with E-state index in [9.17, 15) is 14.7 Å². The van der Waals surface area contributed by atoms with Gasteiger partial charge in [-0.2, -0.15) is 5.10 Å². The number of rotatable bonds is 4. The summed E-state index contributed by atoms with van der Waals surface area (Å²) >= 11 is 0. The minimum absolute atomic E-state index is 0.331. The molecule has 1 aromatic rings. The van der Waals surface area contributed by atoms with E-state index in [1.807, 2.05) is 0 Å². The molecule has 1 unspecified atom stereocenters. The minimum Gasteiger partial charge on any atom is -0.479 e. The number of likely N-dealkylation sites (tertiary alicyclic amines) is 1. The van der Waals surface area contributed by atoms with Gasteiger partial charge in [-0.25, -0.2) is 9.59 Å². The Morgan fingerprint density at radius 3 is 3.00 bits per heavy atom. The summed E-state index contributed by atoms with van der Waals surface area (Å²) < 4.78 is 0. The number of hydrogen-bond donors (Lipinski definition) is 3. The number of H-pyrrole nitrogens is 1. The number of carbonyl (C=O) groups excluding carboxylic acids is 1. The van der Waals surface area contributed by atoms with E-state index in [4.69, 9.17) is 0 Å². The smallest absolute Gasteiger partial charge is 0.329 e. The number of hydrogen-bond acceptors (Lipinski definition) is 3. The van der Waals surface area contributed by atoms with Crippen LogP contribution < -0.4 is 5.32 Å². The summed E-state index contributed by atoms with van der Waals surface area (Å²) in [4.78, 5) is 25.0. The molecule has 1 aliphatic heterocycles. The Hall–Kier alpha value is -2.05. The van der Waals surface area contributed by atoms with Crippen LogP contribution in [0.3, 0.4) is 0 Å². The first kappa shape index (κ1) is 13.4. The van der Waals surface area contributed by atoms with Crippen LogP contribution in [0.4, 0.5) is 4.79 Å². The van der Waals surface area contributed by atoms with Gasteiger partial charge in [0.05, 0.1) is 6.20 Å². The van der Waals surface area contributed by atoms with Gasteiger partial charge in [-0.05, 0) is 19.3 Å². The van der Waals surface area contributed by atoms with Crippen molar-refractivity contribution in [3.05, 3.63) is 18.0 Å². The highest BCUT2D eigenvalue weighted by Crippen LogP contribution is 2.32. The van der Waals surface area contributed by atoms with Crippen LogP contribution in [0.5, 0.6) is 0 Å². The highest BCUT2D eigenvalue weighted by atomic mass is 16.4. The van der Waals surface area contributed by atoms with E-state index in [0.29, 0.717) is 25.9 Å². The van der Waals surface area contributed by atoms with Crippen molar-refractivity contribution in [1.82, 2.24) is 20.4 Å². The van der Waals surface area contributed by atoms with E-state index in [-0.39, 0.29) is 6.03 Å². The predicted octanol–water partition coefficient (Wildman–Crippen LogP) is 0.948. The molecule has 1 atom stereocenters. The van der Waals surface area contributed by atoms with Gasteiger partial charge in [0.1, 0.15) is 5.54 Å². The van der Waals surface area contributed by atoms with Gasteiger partial charge in [0, 0.05) is 24.8 Å². The van der Waals surface area contributed by atoms with Gasteiger partial charge < -0.3 is 15.3 Å². The van der Waals surface area contributed by atoms with Crippen LogP contribution in [0.1, 0.15) is 31.7 Å². The van der Waals surface area contributed by atoms with Crippen LogP contribution in [0.15, 0.2) is 12.4 Å². The van der Waals surface area contributed by atoms with Crippen molar-refractivity contribution in [3.63, 3.8) is 0 Å². The highest BCUT2D eigenvalue weighted by Gasteiger charge is 2.48. The fourth-order valence-electron chi connectivity index (χ4n) is 2.56. The average Bonchev–Trinajstić information content (AvgIpc) is 3.05. The molecule has 0 bridgehead atoms. The molecule has 7 heteroatoms. The lowest BCUT2D eigenvalue weighted by atomic mass is 9.93. The zero-order valence-corrected chi connectivity index (χ0v) is 10.8. The number of aromatic amines is 1. The Morgan fingerprint density at radius 1 is 1.63 bits per heavy atom. The number of aromatic nitrogens is 2. The molecule has 0 aromatic carbocycles. The van der Waals surface area contributed by atoms with E-state index >= 15 is 0 Å². The molecule has 2 heterocycles. The van der Waals surface area contributed by atoms with Crippen molar-refractivity contribution in [2.24, 2.45) is 0 Å². The van der Waals surface area contributed by atoms with Gasteiger partial charge in [-0.15, -0.1) is 0 Å². The second kappa shape index (κ2) is 5.29. The zero-order chi connectivity index (χ0) is 13.9. The number of carboxylic acids is 1. The Balaban J connectivity index is 2.03. The molecule has 1 saturated heterocycles. The van der Waals surface area contributed by atoms with Crippen LogP contribution in [-0.2, 0) is 11.3 Å². The van der Waals surface area contributed by atoms with Crippen LogP contribution in [-0.4, -0.2) is 44.3 Å². The lowest BCUT2D eigenvalue weighted by Crippen LogP contribution is -2.55. The van der Waals surface area contributed by atoms with E-state index < -0.39 is 11.5 Å². The van der Waals surface area contributed by atoms with Crippen LogP contribution in [0, 0.1) is 0 Å². The van der Waals surface area contributed by atoms with Gasteiger partial charge in [0.15, 0.2) is 0 Å². The molecule has 7 nitrogen and oxygen atoms in total. The van der Waals surface area contributed by atoms with Gasteiger partial charge in [0.2, 0.25) is 0 Å². The molecule has 1 aliphatic rings. The predicted molar refractivity (Wildman–Crippen MR) is 67.4 cm³/mol. The standard InChI is InChI=1S/C12H18N4O3/c1-2-12(10(17)18)4-3-5-16(12)11(19)13-6-9-7-14-15-8-9/h7-8H,2-6H2,1H3,(H,13,19)(H,14,15)(H,17,18). The monoisotopic (exact) mass is 266 g/mol. The third-order valence-electron chi connectivity index (χ3n) is 3.72. The second-order valence-electron chi connectivity index (χ2n) is 4.71. The van der Waals surface area contributed by atoms with Gasteiger partial charge in [0.25, 0.3) is 0 Å². The van der Waals surface area contributed by atoms with Gasteiger partial charge in [-0.3, -0.25) is 5.10 Å². The molecule has 104 valence electrons. The molecule has 2 rings (SSSR count). The molecule has 1 fully saturated rings. The number of amides is 2. The number of carbonyl (C=O) groups is 2. The van der Waals surface area contributed by atoms with E-state index in [2.05, 4.69) is 15.5 Å². The first-order valence-corrected chi connectivity index (χ1v) is 6.36. The summed E-state index contributed by atoms with van der Waals surface area (Å²) in [6.07, 6.45) is 4.96. The van der Waals surface area contributed by atoms with Crippen LogP contribution in [0.2, 0.25) is 0 Å². The lowest BCUT2D eigenvalue weighted by Gasteiger charge is -2.33. The normalized spacial score (nSPS) is 22.5. The van der Waals surface area contributed by atoms with Crippen molar-refractivity contribution >= 4 is 12.0 Å². The SMILES string of the molecule is CCC1(C(=O)O)CCCN1C(=O)NCc1cn[nH]c1. The maximum absolute atomic E-state index is 12.1. The summed E-state index contributed by atoms with van der Waals surface area (Å²) in [5, 5.41) is 18.6. The van der Waals surface area contributed by atoms with Crippen molar-refractivity contribution in [2.45, 2.75) is 38.3 Å². The van der Waals surface area contributed by atoms with Crippen LogP contribution >= 0.6 is 0 Å². The summed E-state index contributed by atoms with van der Waals surface area (Å²) in [6, 6.07) is -0.331. The topological polar surface area (TPSA) is 98.3 Å². The van der Waals surface area contributed by atoms with Crippen molar-refractivity contribution in [1.29, 1.82) is 0 Å². The lowest BCUT2D eigenvalue weighted by molar-refractivity contribution is -0.148. The van der Waals surface area contributed by atoms with E-state index in [1.165, 1.54) is 4.90 Å². The quantitative estimate of drug-likeness (QED) is 0.755. The molecule has 2 amide bonds. The van der Waals surface area contributed by atoms with E-state index in [1.54, 1.807) is 19.3 Å². The number of nitrogens with zero attached hydrogens (tertiary/aromatic N) is 2. The Bertz CT molecular complexity index is 460. The fourth-order valence-corrected chi connectivity index (χ4v) is 2.56. The van der Waals surface area contributed by atoms with Crippen molar-refractivity contribution < 1.29 is 14.7 Å². The number of nitrogens with one attached hydrogen (secondary N) is 2. The summed E-state index contributed by atoms with van der Waals surface area (Å²) in [5.41, 5.74) is -0.203. The molecule has 1 aromatic heterocycles. The van der Waals surface area contributed by atoms with Gasteiger partial charge in [-0.1, -0.05) is 6.92 Å². The van der Waals surface area contributed by atoms with Crippen LogP contribution in [0.25, 0.3) is 0 Å². The zero-order valence-electron chi connectivity index (χ0n) is 10.8. The molecule has 0 saturated carbocycles. The number of carboxylic acid groups (broad SMARTS) is 1. The fraction of sp³-hybridized carbons (Fsp3) is 0.583. The maximum atomic E-state index is 12.1. The molecule has 3 N–H and O–H groups in total. The minimum atomic E-state index is -1.06. The van der Waals surface area contributed by atoms with E-state index in [0.717, 1.165) is 12.0 Å². The molecule has 0 spiro atoms. The Labute approximate surface area is 111 Å². The third-order valence-corrected chi connectivity index (χ3v) is 3.72. The molecular formula is C12H18N4O3. The molecule has 0 aliphatic carbocycles. The Kier molecular flexibility index (Phi) is 3.73. The maximum Gasteiger partial charge on any atom is 0.329 e. The highest BCUT2D eigenvalue weighted by molar-refractivity contribution is 5.87. The van der Waals surface area contributed by atoms with Gasteiger partial charge >= 0.3 is 12.0 Å². The number of aliphatic carboxylic acids is 1. The third kappa shape index (κ3) is 2.40. The molecule has 19 heavy (non-hydrogen) atoms. The Morgan fingerprint density at radius 2 is 2.42 bits per heavy atom. The first-order chi connectivity index (χ1) is 9.10. The largest absolute Gasteiger partial charge is 0.479 e. The first-order valence-electron chi connectivity index (χ1n) is 6.36. The van der Waals surface area contributed by atoms with Crippen molar-refractivity contribution in [3.8, 4) is 0 Å². The number of urea groups is 1. The summed E-state index contributed by atoms with van der Waals surface area (Å²) in [5.74, 6) is -0.925. The average molecular weight is 266 g/mol. The molecule has 0 radical (unpaired) electrons.